The maximum Gasteiger partial charge on any atom is 0.247 e. The third kappa shape index (κ3) is 3.12. The third-order valence-corrected chi connectivity index (χ3v) is 5.10. The minimum atomic E-state index is -0.364. The number of hydrogen-bond donors (Lipinski definition) is 1. The summed E-state index contributed by atoms with van der Waals surface area (Å²) in [6.07, 6.45) is 2.61. The van der Waals surface area contributed by atoms with Gasteiger partial charge < -0.3 is 14.8 Å². The van der Waals surface area contributed by atoms with Crippen LogP contribution in [0.5, 0.6) is 11.5 Å². The molecule has 4 rings (SSSR count). The van der Waals surface area contributed by atoms with Crippen molar-refractivity contribution in [1.29, 1.82) is 0 Å². The highest BCUT2D eigenvalue weighted by Crippen LogP contribution is 2.46. The lowest BCUT2D eigenvalue weighted by atomic mass is 9.72. The lowest BCUT2D eigenvalue weighted by Crippen LogP contribution is -2.42. The normalized spacial score (nSPS) is 22.6. The lowest BCUT2D eigenvalue weighted by molar-refractivity contribution is -0.125. The van der Waals surface area contributed by atoms with E-state index in [1.807, 2.05) is 32.0 Å². The molecule has 1 aliphatic carbocycles. The number of carbonyl (C=O) groups is 1. The molecule has 28 heavy (non-hydrogen) atoms. The number of ether oxygens (including phenoxy) is 2. The summed E-state index contributed by atoms with van der Waals surface area (Å²) in [5.41, 5.74) is 1.57. The maximum atomic E-state index is 13.1. The molecule has 0 saturated heterocycles. The van der Waals surface area contributed by atoms with Crippen LogP contribution in [0.25, 0.3) is 0 Å². The van der Waals surface area contributed by atoms with Crippen molar-refractivity contribution in [3.8, 4) is 11.5 Å². The molecule has 1 N–H and O–H groups in total. The Morgan fingerprint density at radius 2 is 1.96 bits per heavy atom. The van der Waals surface area contributed by atoms with Crippen molar-refractivity contribution in [2.75, 3.05) is 18.5 Å². The predicted octanol–water partition coefficient (Wildman–Crippen LogP) is 2.98. The van der Waals surface area contributed by atoms with Gasteiger partial charge in [0.25, 0.3) is 0 Å². The molecule has 0 radical (unpaired) electrons. The van der Waals surface area contributed by atoms with Gasteiger partial charge in [0.05, 0.1) is 25.2 Å². The van der Waals surface area contributed by atoms with Crippen molar-refractivity contribution in [2.45, 2.75) is 40.2 Å². The van der Waals surface area contributed by atoms with E-state index >= 15 is 0 Å². The summed E-state index contributed by atoms with van der Waals surface area (Å²) >= 11 is 0. The summed E-state index contributed by atoms with van der Waals surface area (Å²) in [5.74, 6) is 1.68. The molecule has 0 fully saturated rings. The van der Waals surface area contributed by atoms with E-state index in [2.05, 4.69) is 40.8 Å². The molecule has 2 aliphatic rings. The van der Waals surface area contributed by atoms with Crippen molar-refractivity contribution >= 4 is 11.7 Å². The highest BCUT2D eigenvalue weighted by Gasteiger charge is 2.45. The molecule has 0 bridgehead atoms. The van der Waals surface area contributed by atoms with Gasteiger partial charge in [-0.3, -0.25) is 4.79 Å². The zero-order valence-corrected chi connectivity index (χ0v) is 16.6. The largest absolute Gasteiger partial charge is 0.490 e. The number of benzene rings is 1. The molecule has 8 heteroatoms. The van der Waals surface area contributed by atoms with Crippen LogP contribution in [0.1, 0.15) is 45.7 Å². The molecule has 1 aliphatic heterocycles. The number of aromatic nitrogens is 4. The van der Waals surface area contributed by atoms with Gasteiger partial charge in [0.1, 0.15) is 5.78 Å². The molecule has 2 heterocycles. The van der Waals surface area contributed by atoms with Gasteiger partial charge in [-0.05, 0) is 47.4 Å². The fourth-order valence-corrected chi connectivity index (χ4v) is 4.07. The Balaban J connectivity index is 1.84. The average Bonchev–Trinajstić information content (AvgIpc) is 3.09. The monoisotopic (exact) mass is 383 g/mol. The Kier molecular flexibility index (Phi) is 4.56. The fourth-order valence-electron chi connectivity index (χ4n) is 4.07. The smallest absolute Gasteiger partial charge is 0.247 e. The van der Waals surface area contributed by atoms with Crippen LogP contribution in [0.3, 0.4) is 0 Å². The summed E-state index contributed by atoms with van der Waals surface area (Å²) in [6, 6.07) is 5.44. The zero-order valence-electron chi connectivity index (χ0n) is 16.6. The number of tetrazole rings is 1. The Hall–Kier alpha value is -2.90. The molecule has 0 spiro atoms. The number of Topliss-reactive ketones (excluding diaryl/α,β-unsaturated/α-hetero) is 1. The van der Waals surface area contributed by atoms with E-state index in [1.54, 1.807) is 4.68 Å². The van der Waals surface area contributed by atoms with E-state index in [4.69, 9.17) is 9.47 Å². The zero-order chi connectivity index (χ0) is 19.9. The number of carbonyl (C=O) groups excluding carboxylic acids is 1. The molecule has 2 atom stereocenters. The predicted molar refractivity (Wildman–Crippen MR) is 103 cm³/mol. The molecule has 2 aromatic rings. The van der Waals surface area contributed by atoms with Crippen molar-refractivity contribution in [2.24, 2.45) is 11.3 Å². The van der Waals surface area contributed by atoms with E-state index in [1.165, 1.54) is 0 Å². The molecule has 1 aromatic carbocycles. The SMILES string of the molecule is CCOc1ccc(C2C3C(=O)CC(C)(C)C=C3Nc3nnnn32)cc1OCC. The van der Waals surface area contributed by atoms with Crippen LogP contribution in [-0.2, 0) is 4.79 Å². The second-order valence-electron chi connectivity index (χ2n) is 7.80. The second kappa shape index (κ2) is 6.92. The van der Waals surface area contributed by atoms with Crippen molar-refractivity contribution < 1.29 is 14.3 Å². The molecule has 148 valence electrons. The van der Waals surface area contributed by atoms with Crippen LogP contribution in [-0.4, -0.2) is 39.2 Å². The summed E-state index contributed by atoms with van der Waals surface area (Å²) < 4.78 is 13.1. The van der Waals surface area contributed by atoms with Crippen molar-refractivity contribution in [3.05, 3.63) is 35.5 Å². The van der Waals surface area contributed by atoms with E-state index in [0.717, 1.165) is 11.3 Å². The first-order valence-electron chi connectivity index (χ1n) is 9.63. The first kappa shape index (κ1) is 18.5. The van der Waals surface area contributed by atoms with Gasteiger partial charge >= 0.3 is 0 Å². The highest BCUT2D eigenvalue weighted by molar-refractivity contribution is 5.88. The molecule has 2 unspecified atom stereocenters. The van der Waals surface area contributed by atoms with E-state index in [0.29, 0.717) is 37.1 Å². The standard InChI is InChI=1S/C20H25N5O3/c1-5-27-15-8-7-12(9-16(15)28-6-2)18-17-13(10-20(3,4)11-14(17)26)21-19-22-23-24-25(18)19/h7-10,17-18H,5-6,11H2,1-4H3,(H,21,22,24). The number of ketones is 1. The number of rotatable bonds is 5. The van der Waals surface area contributed by atoms with Gasteiger partial charge in [-0.15, -0.1) is 0 Å². The van der Waals surface area contributed by atoms with Gasteiger partial charge in [-0.1, -0.05) is 31.1 Å². The number of fused-ring (bicyclic) bond motifs is 2. The average molecular weight is 383 g/mol. The number of nitrogens with zero attached hydrogens (tertiary/aromatic N) is 4. The lowest BCUT2D eigenvalue weighted by Gasteiger charge is -2.39. The molecule has 0 saturated carbocycles. The summed E-state index contributed by atoms with van der Waals surface area (Å²) in [4.78, 5) is 13.1. The van der Waals surface area contributed by atoms with Crippen LogP contribution < -0.4 is 14.8 Å². The van der Waals surface area contributed by atoms with E-state index in [-0.39, 0.29) is 23.2 Å². The summed E-state index contributed by atoms with van der Waals surface area (Å²) in [6.45, 7) is 9.06. The Bertz CT molecular complexity index is 934. The molecular weight excluding hydrogens is 358 g/mol. The maximum absolute atomic E-state index is 13.1. The molecular formula is C20H25N5O3. The molecule has 1 aromatic heterocycles. The number of anilines is 1. The van der Waals surface area contributed by atoms with Crippen LogP contribution in [0.4, 0.5) is 5.95 Å². The van der Waals surface area contributed by atoms with Crippen LogP contribution in [0.2, 0.25) is 0 Å². The minimum absolute atomic E-state index is 0.174. The quantitative estimate of drug-likeness (QED) is 0.849. The van der Waals surface area contributed by atoms with Gasteiger partial charge in [0.2, 0.25) is 5.95 Å². The van der Waals surface area contributed by atoms with Gasteiger partial charge in [0, 0.05) is 12.1 Å². The number of nitrogens with one attached hydrogen (secondary N) is 1. The highest BCUT2D eigenvalue weighted by atomic mass is 16.5. The first-order chi connectivity index (χ1) is 13.4. The van der Waals surface area contributed by atoms with E-state index < -0.39 is 0 Å². The summed E-state index contributed by atoms with van der Waals surface area (Å²) in [7, 11) is 0. The number of hydrogen-bond acceptors (Lipinski definition) is 7. The minimum Gasteiger partial charge on any atom is -0.490 e. The Labute approximate surface area is 163 Å². The molecule has 8 nitrogen and oxygen atoms in total. The number of allylic oxidation sites excluding steroid dienone is 2. The van der Waals surface area contributed by atoms with Crippen LogP contribution in [0, 0.1) is 11.3 Å². The van der Waals surface area contributed by atoms with Crippen LogP contribution in [0.15, 0.2) is 30.0 Å². The van der Waals surface area contributed by atoms with Gasteiger partial charge in [-0.2, -0.15) is 0 Å². The third-order valence-electron chi connectivity index (χ3n) is 5.10. The first-order valence-corrected chi connectivity index (χ1v) is 9.63. The van der Waals surface area contributed by atoms with E-state index in [9.17, 15) is 4.79 Å². The second-order valence-corrected chi connectivity index (χ2v) is 7.80. The van der Waals surface area contributed by atoms with Crippen LogP contribution >= 0.6 is 0 Å². The Morgan fingerprint density at radius 3 is 2.71 bits per heavy atom. The Morgan fingerprint density at radius 1 is 1.21 bits per heavy atom. The topological polar surface area (TPSA) is 91.2 Å². The van der Waals surface area contributed by atoms with Crippen molar-refractivity contribution in [1.82, 2.24) is 20.2 Å². The van der Waals surface area contributed by atoms with Gasteiger partial charge in [0.15, 0.2) is 11.5 Å². The van der Waals surface area contributed by atoms with Gasteiger partial charge in [-0.25, -0.2) is 4.68 Å². The fraction of sp³-hybridized carbons (Fsp3) is 0.500. The summed E-state index contributed by atoms with van der Waals surface area (Å²) in [5, 5.41) is 15.3. The molecule has 0 amide bonds. The van der Waals surface area contributed by atoms with Crippen molar-refractivity contribution in [3.63, 3.8) is 0 Å².